The van der Waals surface area contributed by atoms with E-state index >= 15 is 0 Å². The summed E-state index contributed by atoms with van der Waals surface area (Å²) in [5.74, 6) is 2.18. The van der Waals surface area contributed by atoms with Crippen molar-refractivity contribution >= 4 is 76.1 Å². The summed E-state index contributed by atoms with van der Waals surface area (Å²) in [5, 5.41) is 14.7. The van der Waals surface area contributed by atoms with Crippen molar-refractivity contribution in [2.24, 2.45) is 39.4 Å². The van der Waals surface area contributed by atoms with Crippen LogP contribution in [0.2, 0.25) is 0 Å². The summed E-state index contributed by atoms with van der Waals surface area (Å²) in [7, 11) is 0. The van der Waals surface area contributed by atoms with Crippen molar-refractivity contribution in [3.8, 4) is 0 Å². The lowest BCUT2D eigenvalue weighted by molar-refractivity contribution is -0.460. The van der Waals surface area contributed by atoms with Gasteiger partial charge in [0.05, 0.1) is 49.1 Å². The van der Waals surface area contributed by atoms with Crippen LogP contribution in [0, 0.1) is 0 Å². The SMILES string of the molecule is CCCCCCCCCCCC(=O)NC(CCCCN)C(=O)CCC.CCCCCCCCCCCC(=O)NC(CCCCN=C(C)N)C(=O)CCC.CCCCCCCCCCCC(=O)NC(CCCN)C(=O)CCC.CCCCCCCCCCCC(=O)NC(CCC[NH+]=C(N)N)C(=O)CC.CCCCCCCCCCCCCCCCCC(=O)NC(CCC[NH+]=C(C)N)C(=O)CC. The predicted molar refractivity (Wildman–Crippen MR) is 573 cm³/mol. The zero-order valence-corrected chi connectivity index (χ0v) is 90.2. The molecule has 0 fully saturated rings. The average molecular weight is 1910 g/mol. The van der Waals surface area contributed by atoms with Gasteiger partial charge in [-0.2, -0.15) is 0 Å². The molecule has 0 bridgehead atoms. The molecule has 0 aliphatic rings. The molecule has 0 spiro atoms. The van der Waals surface area contributed by atoms with Crippen LogP contribution in [0.5, 0.6) is 0 Å². The Morgan fingerprint density at radius 1 is 0.230 bits per heavy atom. The Morgan fingerprint density at radius 2 is 0.437 bits per heavy atom. The first kappa shape index (κ1) is 137. The van der Waals surface area contributed by atoms with Gasteiger partial charge in [-0.1, -0.05) is 365 Å². The standard InChI is InChI=1S/C27H53N3O2.C23H45N3O2.C21H42N2O2.C20H40N4O2.C20H40N2O2/c1-4-6-7-8-9-10-11-12-13-14-15-16-17-18-19-22-27(32)30-25(26(31)5-2)21-20-23-29-24(3)28;1-4-6-7-8-9-10-11-12-13-18-23(28)26-21(22(27)16-5-2)17-14-15-19-25-20(3)24;1-3-5-6-7-8-9-10-11-12-17-21(25)23-19(16-13-14-18-22)20(24)15-4-2;1-3-5-6-7-8-9-10-11-12-15-19(26)24-17(18(25)4-2)14-13-16-23-20(21)22;1-3-5-6-7-8-9-10-11-12-16-20(24)22-18(15-13-17-21)19(23)14-4-2/h25H,4-23H2,1-3H3,(H2,28,29)(H,30,32);21H,4-19H2,1-3H3,(H2,24,25)(H,26,28);19H,3-18,22H2,1-2H3,(H,23,25);17H,3-16H2,1-2H3,(H,24,26)(H4,21,22,23);18H,3-17,21H2,1-2H3,(H,22,24)/p+2. The molecule has 0 radical (unpaired) electrons. The van der Waals surface area contributed by atoms with Gasteiger partial charge in [0.25, 0.3) is 0 Å². The van der Waals surface area contributed by atoms with Crippen molar-refractivity contribution in [2.75, 3.05) is 32.7 Å². The largest absolute Gasteiger partial charge is 0.388 e. The highest BCUT2D eigenvalue weighted by atomic mass is 16.2. The van der Waals surface area contributed by atoms with Crippen LogP contribution in [0.15, 0.2) is 4.99 Å². The van der Waals surface area contributed by atoms with Crippen LogP contribution < -0.4 is 71.0 Å². The minimum Gasteiger partial charge on any atom is -0.388 e. The van der Waals surface area contributed by atoms with Gasteiger partial charge >= 0.3 is 5.96 Å². The summed E-state index contributed by atoms with van der Waals surface area (Å²) in [6, 6.07) is -1.73. The van der Waals surface area contributed by atoms with Gasteiger partial charge in [0.15, 0.2) is 28.9 Å². The van der Waals surface area contributed by atoms with Crippen LogP contribution in [-0.2, 0) is 47.9 Å². The van der Waals surface area contributed by atoms with Crippen molar-refractivity contribution in [1.29, 1.82) is 0 Å². The number of amidine groups is 2. The Bertz CT molecular complexity index is 2830. The van der Waals surface area contributed by atoms with E-state index in [1.165, 1.54) is 263 Å². The Kier molecular flexibility index (Phi) is 112. The molecule has 0 aliphatic carbocycles. The lowest BCUT2D eigenvalue weighted by atomic mass is 10.0. The van der Waals surface area contributed by atoms with Gasteiger partial charge in [-0.05, 0) is 148 Å². The van der Waals surface area contributed by atoms with E-state index in [1.54, 1.807) is 6.92 Å². The molecule has 5 atom stereocenters. The van der Waals surface area contributed by atoms with Crippen LogP contribution >= 0.6 is 0 Å². The zero-order valence-electron chi connectivity index (χ0n) is 90.2. The average Bonchev–Trinajstić information content (AvgIpc) is 0.941. The maximum Gasteiger partial charge on any atom is 0.338 e. The molecule has 19 N–H and O–H groups in total. The van der Waals surface area contributed by atoms with Gasteiger partial charge in [-0.25, -0.2) is 0 Å². The number of hydrogen-bond acceptors (Lipinski definition) is 13. The monoisotopic (exact) mass is 1910 g/mol. The van der Waals surface area contributed by atoms with Crippen LogP contribution in [-0.4, -0.2) is 139 Å². The molecule has 0 aromatic heterocycles. The number of carbonyl (C=O) groups is 10. The van der Waals surface area contributed by atoms with Crippen LogP contribution in [0.1, 0.15) is 571 Å². The summed E-state index contributed by atoms with van der Waals surface area (Å²) in [5.41, 5.74) is 32.8. The third-order valence-corrected chi connectivity index (χ3v) is 24.8. The second-order valence-corrected chi connectivity index (χ2v) is 38.4. The van der Waals surface area contributed by atoms with Gasteiger partial charge in [-0.3, -0.25) is 80.1 Å². The summed E-state index contributed by atoms with van der Waals surface area (Å²) in [6.45, 7) is 27.7. The van der Waals surface area contributed by atoms with Gasteiger partial charge in [0.1, 0.15) is 0 Å². The Labute approximate surface area is 829 Å². The maximum atomic E-state index is 12.3. The van der Waals surface area contributed by atoms with Crippen LogP contribution in [0.3, 0.4) is 0 Å². The molecule has 5 unspecified atom stereocenters. The molecule has 24 nitrogen and oxygen atoms in total. The number of Topliss-reactive ketones (excluding diaryl/α,β-unsaturated/α-hetero) is 5. The van der Waals surface area contributed by atoms with E-state index in [4.69, 9.17) is 34.4 Å². The van der Waals surface area contributed by atoms with E-state index in [9.17, 15) is 47.9 Å². The summed E-state index contributed by atoms with van der Waals surface area (Å²) < 4.78 is 0. The summed E-state index contributed by atoms with van der Waals surface area (Å²) in [6.07, 6.45) is 81.2. The van der Waals surface area contributed by atoms with E-state index in [1.807, 2.05) is 41.5 Å². The number of nitrogens with zero attached hydrogens (tertiary/aromatic N) is 1. The Balaban J connectivity index is -0.000000523. The number of nitrogens with one attached hydrogen (secondary N) is 7. The van der Waals surface area contributed by atoms with E-state index in [-0.39, 0.29) is 88.6 Å². The molecule has 0 aromatic rings. The first-order chi connectivity index (χ1) is 65.3. The summed E-state index contributed by atoms with van der Waals surface area (Å²) >= 11 is 0. The van der Waals surface area contributed by atoms with Crippen LogP contribution in [0.4, 0.5) is 0 Å². The number of hydrogen-bond donors (Lipinski definition) is 13. The molecular formula is C111H222N14O10+2. The molecule has 5 amide bonds. The lowest BCUT2D eigenvalue weighted by Gasteiger charge is -2.17. The van der Waals surface area contributed by atoms with Gasteiger partial charge in [0.2, 0.25) is 35.4 Å². The molecule has 0 aliphatic heterocycles. The fourth-order valence-corrected chi connectivity index (χ4v) is 16.4. The van der Waals surface area contributed by atoms with Crippen molar-refractivity contribution in [3.63, 3.8) is 0 Å². The second kappa shape index (κ2) is 110. The minimum atomic E-state index is -0.396. The molecule has 0 rings (SSSR count). The number of rotatable bonds is 94. The number of nitrogens with two attached hydrogens (primary N) is 6. The minimum absolute atomic E-state index is 0.0148. The van der Waals surface area contributed by atoms with E-state index in [2.05, 4.69) is 76.2 Å². The first-order valence-corrected chi connectivity index (χ1v) is 56.5. The number of aliphatic imine (C=N–C) groups is 1. The van der Waals surface area contributed by atoms with E-state index in [0.29, 0.717) is 128 Å². The molecule has 0 saturated heterocycles. The second-order valence-electron chi connectivity index (χ2n) is 38.4. The zero-order chi connectivity index (χ0) is 101. The number of ketones is 5. The van der Waals surface area contributed by atoms with Crippen molar-refractivity contribution in [3.05, 3.63) is 0 Å². The topological polar surface area (TPSA) is 427 Å². The highest BCUT2D eigenvalue weighted by Gasteiger charge is 2.24. The number of carbonyl (C=O) groups excluding carboxylic acids is 10. The highest BCUT2D eigenvalue weighted by Crippen LogP contribution is 2.20. The molecule has 0 aromatic carbocycles. The molecule has 794 valence electrons. The third-order valence-electron chi connectivity index (χ3n) is 24.8. The molecule has 0 heterocycles. The van der Waals surface area contributed by atoms with Crippen LogP contribution in [0.25, 0.3) is 0 Å². The molecule has 24 heteroatoms. The van der Waals surface area contributed by atoms with Gasteiger partial charge in [-0.15, -0.1) is 0 Å². The van der Waals surface area contributed by atoms with Crippen molar-refractivity contribution in [2.45, 2.75) is 601 Å². The normalized spacial score (nSPS) is 12.3. The lowest BCUT2D eigenvalue weighted by Crippen LogP contribution is -2.78. The Morgan fingerprint density at radius 3 is 0.644 bits per heavy atom. The summed E-state index contributed by atoms with van der Waals surface area (Å²) in [4.78, 5) is 131. The van der Waals surface area contributed by atoms with Gasteiger partial charge < -0.3 is 43.8 Å². The highest BCUT2D eigenvalue weighted by molar-refractivity contribution is 5.91. The fraction of sp³-hybridized carbons (Fsp3) is 0.883. The fourth-order valence-electron chi connectivity index (χ4n) is 16.4. The molecule has 0 saturated carbocycles. The quantitative estimate of drug-likeness (QED) is 0.0153. The maximum absolute atomic E-state index is 12.3. The molecule has 135 heavy (non-hydrogen) atoms. The molecular weight excluding hydrogens is 1690 g/mol. The van der Waals surface area contributed by atoms with Crippen molar-refractivity contribution in [1.82, 2.24) is 26.6 Å². The third kappa shape index (κ3) is 105. The smallest absolute Gasteiger partial charge is 0.338 e. The van der Waals surface area contributed by atoms with E-state index in [0.717, 1.165) is 141 Å². The van der Waals surface area contributed by atoms with Crippen molar-refractivity contribution < 1.29 is 57.9 Å². The first-order valence-electron chi connectivity index (χ1n) is 56.5. The number of guanidine groups is 1. The Hall–Kier alpha value is -6.17. The van der Waals surface area contributed by atoms with Gasteiger partial charge in [0, 0.05) is 77.7 Å². The number of unbranched alkanes of at least 4 members (excludes halogenated alkanes) is 48. The predicted octanol–water partition coefficient (Wildman–Crippen LogP) is 21.2. The van der Waals surface area contributed by atoms with E-state index < -0.39 is 6.04 Å². The number of amides is 5.